The van der Waals surface area contributed by atoms with Gasteiger partial charge in [-0.25, -0.2) is 0 Å². The number of amides is 1. The smallest absolute Gasteiger partial charge is 0.262 e. The van der Waals surface area contributed by atoms with E-state index in [1.165, 1.54) is 0 Å². The minimum Gasteiger partial charge on any atom is -0.484 e. The van der Waals surface area contributed by atoms with Crippen LogP contribution >= 0.6 is 39.1 Å². The largest absolute Gasteiger partial charge is 0.484 e. The van der Waals surface area contributed by atoms with Crippen LogP contribution in [0.25, 0.3) is 0 Å². The number of hydrogen-bond acceptors (Lipinski definition) is 2. The number of ether oxygens (including phenoxy) is 1. The van der Waals surface area contributed by atoms with Gasteiger partial charge in [-0.3, -0.25) is 4.79 Å². The second kappa shape index (κ2) is 6.97. The van der Waals surface area contributed by atoms with Crippen molar-refractivity contribution in [1.29, 1.82) is 0 Å². The lowest BCUT2D eigenvalue weighted by Gasteiger charge is -2.09. The van der Waals surface area contributed by atoms with Gasteiger partial charge in [0, 0.05) is 14.5 Å². The highest BCUT2D eigenvalue weighted by Crippen LogP contribution is 2.25. The lowest BCUT2D eigenvalue weighted by molar-refractivity contribution is -0.118. The van der Waals surface area contributed by atoms with Crippen molar-refractivity contribution in [2.24, 2.45) is 0 Å². The third-order valence-electron chi connectivity index (χ3n) is 2.37. The number of carbonyl (C=O) groups excluding carboxylic acids is 1. The standard InChI is InChI=1S/C14H10BrCl2NO2/c15-12-5-4-10(17)7-13(12)18-14(19)8-20-11-3-1-2-9(16)6-11/h1-7H,8H2,(H,18,19). The van der Waals surface area contributed by atoms with Gasteiger partial charge in [0.05, 0.1) is 5.69 Å². The fourth-order valence-electron chi connectivity index (χ4n) is 1.49. The number of hydrogen-bond donors (Lipinski definition) is 1. The molecule has 0 saturated heterocycles. The SMILES string of the molecule is O=C(COc1cccc(Cl)c1)Nc1cc(Cl)ccc1Br. The van der Waals surface area contributed by atoms with Gasteiger partial charge >= 0.3 is 0 Å². The molecule has 0 aliphatic rings. The number of rotatable bonds is 4. The Hall–Kier alpha value is -1.23. The maximum atomic E-state index is 11.8. The van der Waals surface area contributed by atoms with E-state index in [2.05, 4.69) is 21.2 Å². The summed E-state index contributed by atoms with van der Waals surface area (Å²) in [6.45, 7) is -0.112. The monoisotopic (exact) mass is 373 g/mol. The first-order chi connectivity index (χ1) is 9.54. The fraction of sp³-hybridized carbons (Fsp3) is 0.0714. The average molecular weight is 375 g/mol. The molecule has 0 saturated carbocycles. The first-order valence-electron chi connectivity index (χ1n) is 5.68. The molecule has 0 unspecified atom stereocenters. The van der Waals surface area contributed by atoms with Gasteiger partial charge in [0.1, 0.15) is 5.75 Å². The number of halogens is 3. The van der Waals surface area contributed by atoms with Crippen LogP contribution in [-0.4, -0.2) is 12.5 Å². The summed E-state index contributed by atoms with van der Waals surface area (Å²) in [5.74, 6) is 0.255. The van der Waals surface area contributed by atoms with E-state index in [1.807, 2.05) is 0 Å². The summed E-state index contributed by atoms with van der Waals surface area (Å²) in [7, 11) is 0. The Morgan fingerprint density at radius 3 is 2.65 bits per heavy atom. The molecule has 3 nitrogen and oxygen atoms in total. The van der Waals surface area contributed by atoms with Gasteiger partial charge in [-0.05, 0) is 52.3 Å². The molecule has 0 aliphatic carbocycles. The minimum absolute atomic E-state index is 0.112. The van der Waals surface area contributed by atoms with Crippen molar-refractivity contribution in [2.45, 2.75) is 0 Å². The predicted molar refractivity (Wildman–Crippen MR) is 84.7 cm³/mol. The summed E-state index contributed by atoms with van der Waals surface area (Å²) in [5.41, 5.74) is 0.595. The Bertz CT molecular complexity index is 634. The molecule has 1 amide bonds. The maximum absolute atomic E-state index is 11.8. The van der Waals surface area contributed by atoms with E-state index in [0.29, 0.717) is 21.5 Å². The molecule has 0 aliphatic heterocycles. The quantitative estimate of drug-likeness (QED) is 0.836. The highest BCUT2D eigenvalue weighted by molar-refractivity contribution is 9.10. The molecular weight excluding hydrogens is 365 g/mol. The zero-order valence-electron chi connectivity index (χ0n) is 10.2. The third kappa shape index (κ3) is 4.40. The van der Waals surface area contributed by atoms with E-state index in [0.717, 1.165) is 4.47 Å². The molecule has 0 heterocycles. The number of carbonyl (C=O) groups is 1. The molecule has 20 heavy (non-hydrogen) atoms. The molecule has 6 heteroatoms. The molecule has 2 aromatic rings. The van der Waals surface area contributed by atoms with Gasteiger partial charge in [-0.2, -0.15) is 0 Å². The number of benzene rings is 2. The van der Waals surface area contributed by atoms with Gasteiger partial charge in [0.15, 0.2) is 6.61 Å². The Morgan fingerprint density at radius 1 is 1.15 bits per heavy atom. The van der Waals surface area contributed by atoms with Crippen molar-refractivity contribution in [3.05, 3.63) is 57.0 Å². The van der Waals surface area contributed by atoms with Crippen molar-refractivity contribution >= 4 is 50.7 Å². The van der Waals surface area contributed by atoms with Crippen LogP contribution in [0.5, 0.6) is 5.75 Å². The molecule has 0 aromatic heterocycles. The van der Waals surface area contributed by atoms with E-state index in [1.54, 1.807) is 42.5 Å². The second-order valence-electron chi connectivity index (χ2n) is 3.92. The first-order valence-corrected chi connectivity index (χ1v) is 7.23. The predicted octanol–water partition coefficient (Wildman–Crippen LogP) is 4.77. The summed E-state index contributed by atoms with van der Waals surface area (Å²) < 4.78 is 6.09. The highest BCUT2D eigenvalue weighted by atomic mass is 79.9. The minimum atomic E-state index is -0.284. The summed E-state index contributed by atoms with van der Waals surface area (Å²) in [6.07, 6.45) is 0. The van der Waals surface area contributed by atoms with E-state index in [-0.39, 0.29) is 12.5 Å². The van der Waals surface area contributed by atoms with E-state index in [4.69, 9.17) is 27.9 Å². The topological polar surface area (TPSA) is 38.3 Å². The summed E-state index contributed by atoms with van der Waals surface area (Å²) in [5, 5.41) is 3.80. The number of nitrogens with one attached hydrogen (secondary N) is 1. The first kappa shape index (κ1) is 15.2. The van der Waals surface area contributed by atoms with E-state index in [9.17, 15) is 4.79 Å². The Balaban J connectivity index is 1.94. The van der Waals surface area contributed by atoms with Crippen LogP contribution in [0.2, 0.25) is 10.0 Å². The van der Waals surface area contributed by atoms with E-state index >= 15 is 0 Å². The number of anilines is 1. The van der Waals surface area contributed by atoms with Gasteiger partial charge in [-0.15, -0.1) is 0 Å². The Labute approximate surface area is 135 Å². The molecule has 1 N–H and O–H groups in total. The molecule has 0 bridgehead atoms. The van der Waals surface area contributed by atoms with Crippen molar-refractivity contribution in [3.63, 3.8) is 0 Å². The highest BCUT2D eigenvalue weighted by Gasteiger charge is 2.07. The lowest BCUT2D eigenvalue weighted by atomic mass is 10.3. The fourth-order valence-corrected chi connectivity index (χ4v) is 2.18. The Kier molecular flexibility index (Phi) is 5.29. The maximum Gasteiger partial charge on any atom is 0.262 e. The van der Waals surface area contributed by atoms with Crippen molar-refractivity contribution in [1.82, 2.24) is 0 Å². The van der Waals surface area contributed by atoms with Gasteiger partial charge in [-0.1, -0.05) is 29.3 Å². The van der Waals surface area contributed by atoms with Crippen molar-refractivity contribution < 1.29 is 9.53 Å². The molecule has 0 atom stereocenters. The molecule has 0 radical (unpaired) electrons. The van der Waals surface area contributed by atoms with Crippen LogP contribution in [0.4, 0.5) is 5.69 Å². The summed E-state index contributed by atoms with van der Waals surface area (Å²) >= 11 is 15.0. The van der Waals surface area contributed by atoms with Crippen molar-refractivity contribution in [2.75, 3.05) is 11.9 Å². The van der Waals surface area contributed by atoms with Crippen LogP contribution in [-0.2, 0) is 4.79 Å². The van der Waals surface area contributed by atoms with Crippen LogP contribution in [0.3, 0.4) is 0 Å². The van der Waals surface area contributed by atoms with Crippen LogP contribution in [0, 0.1) is 0 Å². The van der Waals surface area contributed by atoms with Crippen molar-refractivity contribution in [3.8, 4) is 5.75 Å². The molecule has 104 valence electrons. The van der Waals surface area contributed by atoms with Crippen LogP contribution in [0.1, 0.15) is 0 Å². The molecule has 0 fully saturated rings. The van der Waals surface area contributed by atoms with Crippen LogP contribution < -0.4 is 10.1 Å². The second-order valence-corrected chi connectivity index (χ2v) is 5.65. The van der Waals surface area contributed by atoms with Crippen LogP contribution in [0.15, 0.2) is 46.9 Å². The molecule has 0 spiro atoms. The van der Waals surface area contributed by atoms with E-state index < -0.39 is 0 Å². The van der Waals surface area contributed by atoms with Gasteiger partial charge in [0.25, 0.3) is 5.91 Å². The molecular formula is C14H10BrCl2NO2. The summed E-state index contributed by atoms with van der Waals surface area (Å²) in [6, 6.07) is 12.0. The average Bonchev–Trinajstić information content (AvgIpc) is 2.41. The normalized spacial score (nSPS) is 10.2. The summed E-state index contributed by atoms with van der Waals surface area (Å²) in [4.78, 5) is 11.8. The zero-order valence-corrected chi connectivity index (χ0v) is 13.3. The molecule has 2 rings (SSSR count). The Morgan fingerprint density at radius 2 is 1.90 bits per heavy atom. The lowest BCUT2D eigenvalue weighted by Crippen LogP contribution is -2.20. The zero-order chi connectivity index (χ0) is 14.5. The van der Waals surface area contributed by atoms with Gasteiger partial charge in [0.2, 0.25) is 0 Å². The third-order valence-corrected chi connectivity index (χ3v) is 3.53. The molecule has 2 aromatic carbocycles. The van der Waals surface area contributed by atoms with Gasteiger partial charge < -0.3 is 10.1 Å².